The van der Waals surface area contributed by atoms with Crippen molar-refractivity contribution in [2.75, 3.05) is 39.3 Å². The molecule has 0 bridgehead atoms. The number of nitrogens with zero attached hydrogens (tertiary/aromatic N) is 4. The number of hydrogen-bond acceptors (Lipinski definition) is 4. The van der Waals surface area contributed by atoms with Gasteiger partial charge in [-0.05, 0) is 60.2 Å². The van der Waals surface area contributed by atoms with Crippen molar-refractivity contribution in [1.82, 2.24) is 19.1 Å². The van der Waals surface area contributed by atoms with Crippen molar-refractivity contribution in [2.24, 2.45) is 0 Å². The Morgan fingerprint density at radius 2 is 1.26 bits per heavy atom. The number of rotatable bonds is 5. The molecule has 2 saturated heterocycles. The Morgan fingerprint density at radius 1 is 0.643 bits per heavy atom. The minimum atomic E-state index is 0.00953. The molecule has 2 amide bonds. The minimum absolute atomic E-state index is 0.00953. The molecule has 0 aliphatic carbocycles. The van der Waals surface area contributed by atoms with E-state index in [9.17, 15) is 9.59 Å². The standard InChI is InChI=1S/C35H32N4O3/c40-34(27-14-16-30(17-15-27)42-29-11-5-2-6-12-29)37-21-19-36-20-22-38(25-28(36)24-37)35(41)31-23-33(26-9-3-1-4-10-26)39-18-8-7-13-32(31)39/h1-18,23,28H,19-22,24-25H2. The van der Waals surface area contributed by atoms with Crippen LogP contribution in [0.1, 0.15) is 20.7 Å². The van der Waals surface area contributed by atoms with E-state index in [1.54, 1.807) is 0 Å². The molecule has 0 spiro atoms. The predicted octanol–water partition coefficient (Wildman–Crippen LogP) is 5.68. The summed E-state index contributed by atoms with van der Waals surface area (Å²) in [6, 6.07) is 35.2. The first-order valence-electron chi connectivity index (χ1n) is 14.4. The van der Waals surface area contributed by atoms with E-state index in [0.29, 0.717) is 43.1 Å². The van der Waals surface area contributed by atoms with E-state index in [0.717, 1.165) is 35.6 Å². The Hall–Kier alpha value is -4.88. The lowest BCUT2D eigenvalue weighted by Crippen LogP contribution is -2.63. The third-order valence-corrected chi connectivity index (χ3v) is 8.32. The molecule has 1 unspecified atom stereocenters. The minimum Gasteiger partial charge on any atom is -0.457 e. The second-order valence-corrected chi connectivity index (χ2v) is 10.9. The molecule has 0 N–H and O–H groups in total. The Kier molecular flexibility index (Phi) is 6.93. The first-order chi connectivity index (χ1) is 20.6. The van der Waals surface area contributed by atoms with Crippen LogP contribution >= 0.6 is 0 Å². The quantitative estimate of drug-likeness (QED) is 0.280. The van der Waals surface area contributed by atoms with Crippen LogP contribution in [0.2, 0.25) is 0 Å². The van der Waals surface area contributed by atoms with Gasteiger partial charge in [0.1, 0.15) is 11.5 Å². The fraction of sp³-hybridized carbons (Fsp3) is 0.200. The Bertz CT molecular complexity index is 1720. The molecule has 2 fully saturated rings. The van der Waals surface area contributed by atoms with Gasteiger partial charge in [0.2, 0.25) is 0 Å². The van der Waals surface area contributed by atoms with Crippen LogP contribution in [0.3, 0.4) is 0 Å². The zero-order valence-electron chi connectivity index (χ0n) is 23.3. The van der Waals surface area contributed by atoms with Crippen LogP contribution < -0.4 is 4.74 Å². The number of amides is 2. The third-order valence-electron chi connectivity index (χ3n) is 8.32. The van der Waals surface area contributed by atoms with Crippen molar-refractivity contribution in [2.45, 2.75) is 6.04 Å². The van der Waals surface area contributed by atoms with E-state index in [4.69, 9.17) is 4.74 Å². The van der Waals surface area contributed by atoms with E-state index in [-0.39, 0.29) is 17.9 Å². The van der Waals surface area contributed by atoms with E-state index >= 15 is 0 Å². The molecule has 1 atom stereocenters. The number of ether oxygens (including phenoxy) is 1. The average molecular weight is 557 g/mol. The van der Waals surface area contributed by atoms with Crippen molar-refractivity contribution >= 4 is 17.3 Å². The van der Waals surface area contributed by atoms with Gasteiger partial charge < -0.3 is 18.9 Å². The van der Waals surface area contributed by atoms with E-state index in [1.807, 2.05) is 113 Å². The predicted molar refractivity (Wildman–Crippen MR) is 163 cm³/mol. The Labute approximate surface area is 245 Å². The van der Waals surface area contributed by atoms with Gasteiger partial charge in [-0.2, -0.15) is 0 Å². The number of benzene rings is 3. The van der Waals surface area contributed by atoms with Gasteiger partial charge in [0.25, 0.3) is 11.8 Å². The molecule has 210 valence electrons. The van der Waals surface area contributed by atoms with Crippen LogP contribution in [0.4, 0.5) is 0 Å². The van der Waals surface area contributed by atoms with Crippen LogP contribution in [0.5, 0.6) is 11.5 Å². The zero-order chi connectivity index (χ0) is 28.5. The van der Waals surface area contributed by atoms with Gasteiger partial charge in [0.05, 0.1) is 16.8 Å². The fourth-order valence-electron chi connectivity index (χ4n) is 6.12. The molecule has 42 heavy (non-hydrogen) atoms. The third kappa shape index (κ3) is 5.03. The van der Waals surface area contributed by atoms with Gasteiger partial charge in [0.15, 0.2) is 0 Å². The summed E-state index contributed by atoms with van der Waals surface area (Å²) >= 11 is 0. The lowest BCUT2D eigenvalue weighted by molar-refractivity contribution is 0.0132. The summed E-state index contributed by atoms with van der Waals surface area (Å²) in [5.74, 6) is 1.50. The van der Waals surface area contributed by atoms with Crippen LogP contribution in [0, 0.1) is 0 Å². The second kappa shape index (κ2) is 11.2. The van der Waals surface area contributed by atoms with Crippen LogP contribution in [-0.2, 0) is 0 Å². The first kappa shape index (κ1) is 26.0. The lowest BCUT2D eigenvalue weighted by Gasteiger charge is -2.47. The maximum absolute atomic E-state index is 13.9. The van der Waals surface area contributed by atoms with E-state index in [2.05, 4.69) is 21.4 Å². The smallest absolute Gasteiger partial charge is 0.256 e. The number of carbonyl (C=O) groups is 2. The summed E-state index contributed by atoms with van der Waals surface area (Å²) in [6.07, 6.45) is 2.01. The van der Waals surface area contributed by atoms with Gasteiger partial charge in [0, 0.05) is 57.1 Å². The maximum Gasteiger partial charge on any atom is 0.256 e. The zero-order valence-corrected chi connectivity index (χ0v) is 23.3. The summed E-state index contributed by atoms with van der Waals surface area (Å²) in [7, 11) is 0. The molecule has 2 aromatic heterocycles. The monoisotopic (exact) mass is 556 g/mol. The van der Waals surface area contributed by atoms with Gasteiger partial charge >= 0.3 is 0 Å². The highest BCUT2D eigenvalue weighted by atomic mass is 16.5. The highest BCUT2D eigenvalue weighted by Crippen LogP contribution is 2.28. The van der Waals surface area contributed by atoms with Gasteiger partial charge in [-0.3, -0.25) is 14.5 Å². The Balaban J connectivity index is 1.05. The summed E-state index contributed by atoms with van der Waals surface area (Å²) in [6.45, 7) is 4.16. The number of piperazine rings is 2. The molecular formula is C35H32N4O3. The van der Waals surface area contributed by atoms with Crippen molar-refractivity contribution in [3.63, 3.8) is 0 Å². The number of carbonyl (C=O) groups excluding carboxylic acids is 2. The largest absolute Gasteiger partial charge is 0.457 e. The molecule has 7 nitrogen and oxygen atoms in total. The molecule has 2 aliphatic heterocycles. The van der Waals surface area contributed by atoms with E-state index in [1.165, 1.54) is 0 Å². The lowest BCUT2D eigenvalue weighted by atomic mass is 10.1. The number of hydrogen-bond donors (Lipinski definition) is 0. The first-order valence-corrected chi connectivity index (χ1v) is 14.4. The highest BCUT2D eigenvalue weighted by molar-refractivity contribution is 6.03. The molecular weight excluding hydrogens is 524 g/mol. The SMILES string of the molecule is O=C(c1ccc(Oc2ccccc2)cc1)N1CCN2CCN(C(=O)c3cc(-c4ccccc4)n4ccccc34)CC2C1. The molecule has 0 saturated carbocycles. The maximum atomic E-state index is 13.9. The topological polar surface area (TPSA) is 57.5 Å². The number of para-hydroxylation sites is 1. The van der Waals surface area contributed by atoms with Crippen molar-refractivity contribution in [3.8, 4) is 22.8 Å². The molecule has 4 heterocycles. The van der Waals surface area contributed by atoms with Gasteiger partial charge in [-0.1, -0.05) is 54.6 Å². The molecule has 2 aliphatic rings. The molecule has 7 rings (SSSR count). The molecule has 5 aromatic rings. The Morgan fingerprint density at radius 3 is 1.98 bits per heavy atom. The van der Waals surface area contributed by atoms with Crippen LogP contribution in [0.25, 0.3) is 16.8 Å². The van der Waals surface area contributed by atoms with Gasteiger partial charge in [-0.25, -0.2) is 0 Å². The molecule has 0 radical (unpaired) electrons. The summed E-state index contributed by atoms with van der Waals surface area (Å²) in [4.78, 5) is 33.7. The van der Waals surface area contributed by atoms with Gasteiger partial charge in [-0.15, -0.1) is 0 Å². The number of pyridine rings is 1. The molecule has 3 aromatic carbocycles. The summed E-state index contributed by atoms with van der Waals surface area (Å²) in [5, 5.41) is 0. The molecule has 7 heteroatoms. The average Bonchev–Trinajstić information content (AvgIpc) is 3.44. The number of fused-ring (bicyclic) bond motifs is 2. The fourth-order valence-corrected chi connectivity index (χ4v) is 6.12. The van der Waals surface area contributed by atoms with Crippen LogP contribution in [0.15, 0.2) is 115 Å². The van der Waals surface area contributed by atoms with Crippen LogP contribution in [-0.4, -0.2) is 76.2 Å². The second-order valence-electron chi connectivity index (χ2n) is 10.9. The van der Waals surface area contributed by atoms with E-state index < -0.39 is 0 Å². The van der Waals surface area contributed by atoms with Crippen molar-refractivity contribution in [1.29, 1.82) is 0 Å². The summed E-state index contributed by atoms with van der Waals surface area (Å²) < 4.78 is 7.98. The van der Waals surface area contributed by atoms with Crippen molar-refractivity contribution < 1.29 is 14.3 Å². The van der Waals surface area contributed by atoms with Crippen molar-refractivity contribution in [3.05, 3.63) is 127 Å². The number of aromatic nitrogens is 1. The normalized spacial score (nSPS) is 17.2. The summed E-state index contributed by atoms with van der Waals surface area (Å²) in [5.41, 5.74) is 4.33. The highest BCUT2D eigenvalue weighted by Gasteiger charge is 2.36.